The van der Waals surface area contributed by atoms with Crippen molar-refractivity contribution in [3.63, 3.8) is 0 Å². The Kier molecular flexibility index (Phi) is 12.8. The molecule has 5 heterocycles. The fourth-order valence-electron chi connectivity index (χ4n) is 10.6. The zero-order valence-electron chi connectivity index (χ0n) is 38.5. The van der Waals surface area contributed by atoms with Crippen molar-refractivity contribution >= 4 is 72.5 Å². The second-order valence-electron chi connectivity index (χ2n) is 19.5. The molecule has 2 saturated heterocycles. The van der Waals surface area contributed by atoms with Gasteiger partial charge >= 0.3 is 5.97 Å². The summed E-state index contributed by atoms with van der Waals surface area (Å²) in [7, 11) is -4.53. The summed E-state index contributed by atoms with van der Waals surface area (Å²) in [5.74, 6) is -2.14. The Labute approximate surface area is 401 Å². The maximum atomic E-state index is 14.3. The first kappa shape index (κ1) is 46.0. The predicted octanol–water partition coefficient (Wildman–Crippen LogP) is 8.21. The molecule has 4 N–H and O–H groups in total. The molecule has 1 saturated carbocycles. The second kappa shape index (κ2) is 19.0. The molecule has 15 nitrogen and oxygen atoms in total. The largest absolute Gasteiger partial charge is 0.478 e. The SMILES string of the molecule is CC1(C)CCC(CN2CCN(c3ccc(C(=O)NS(=O)(=O)c4ccc(NC5CCC(N6CCOCC6)CC5)c(C(=O)O)c4)c(-n4[nH]cc5nc6nccc6cc54)c3)CC2)=C(c2ccc(Cl)cc2)C1. The Hall–Kier alpha value is -5.78. The molecule has 3 fully saturated rings. The first-order valence-electron chi connectivity index (χ1n) is 23.7. The van der Waals surface area contributed by atoms with E-state index in [2.05, 4.69) is 60.8 Å². The number of nitrogens with zero attached hydrogens (tertiary/aromatic N) is 6. The zero-order chi connectivity index (χ0) is 47.2. The molecule has 2 aliphatic carbocycles. The van der Waals surface area contributed by atoms with Crippen molar-refractivity contribution in [2.75, 3.05) is 69.2 Å². The van der Waals surface area contributed by atoms with E-state index in [0.29, 0.717) is 34.1 Å². The highest BCUT2D eigenvalue weighted by molar-refractivity contribution is 7.90. The van der Waals surface area contributed by atoms with Crippen molar-refractivity contribution in [1.29, 1.82) is 0 Å². The van der Waals surface area contributed by atoms with Gasteiger partial charge in [-0.2, -0.15) is 0 Å². The number of ether oxygens (including phenoxy) is 1. The third-order valence-electron chi connectivity index (χ3n) is 14.4. The normalized spacial score (nSPS) is 20.8. The molecule has 3 aromatic heterocycles. The van der Waals surface area contributed by atoms with Gasteiger partial charge in [0.1, 0.15) is 5.52 Å². The van der Waals surface area contributed by atoms with Gasteiger partial charge in [-0.3, -0.25) is 24.4 Å². The lowest BCUT2D eigenvalue weighted by Gasteiger charge is -2.39. The minimum absolute atomic E-state index is 0.0436. The van der Waals surface area contributed by atoms with Gasteiger partial charge in [-0.25, -0.2) is 27.9 Å². The van der Waals surface area contributed by atoms with Gasteiger partial charge in [0.15, 0.2) is 5.65 Å². The number of pyridine rings is 1. The number of anilines is 2. The van der Waals surface area contributed by atoms with E-state index in [1.165, 1.54) is 28.8 Å². The summed E-state index contributed by atoms with van der Waals surface area (Å²) in [5.41, 5.74) is 7.80. The van der Waals surface area contributed by atoms with Crippen LogP contribution in [0.4, 0.5) is 11.4 Å². The average Bonchev–Trinajstić information content (AvgIpc) is 3.98. The van der Waals surface area contributed by atoms with Crippen molar-refractivity contribution in [3.8, 4) is 5.69 Å². The Morgan fingerprint density at radius 2 is 1.68 bits per heavy atom. The maximum absolute atomic E-state index is 14.3. The molecule has 0 bridgehead atoms. The molecule has 4 aliphatic rings. The van der Waals surface area contributed by atoms with Crippen LogP contribution in [0.15, 0.2) is 95.7 Å². The number of carboxylic acids is 1. The highest BCUT2D eigenvalue weighted by atomic mass is 35.5. The molecular formula is C51H58ClN9O6S. The van der Waals surface area contributed by atoms with E-state index in [1.807, 2.05) is 36.4 Å². The molecular weight excluding hydrogens is 902 g/mol. The van der Waals surface area contributed by atoms with Gasteiger partial charge in [-0.05, 0) is 122 Å². The highest BCUT2D eigenvalue weighted by Crippen LogP contribution is 2.43. The summed E-state index contributed by atoms with van der Waals surface area (Å²) in [4.78, 5) is 42.9. The van der Waals surface area contributed by atoms with Crippen molar-refractivity contribution in [2.45, 2.75) is 75.8 Å². The number of halogens is 1. The molecule has 0 spiro atoms. The number of piperazine rings is 1. The zero-order valence-corrected chi connectivity index (χ0v) is 40.1. The van der Waals surface area contributed by atoms with Crippen molar-refractivity contribution in [3.05, 3.63) is 112 Å². The van der Waals surface area contributed by atoms with Crippen LogP contribution in [0.25, 0.3) is 33.3 Å². The van der Waals surface area contributed by atoms with E-state index in [9.17, 15) is 23.1 Å². The number of amides is 1. The number of hydrogen-bond acceptors (Lipinski definition) is 11. The van der Waals surface area contributed by atoms with Crippen LogP contribution >= 0.6 is 11.6 Å². The Morgan fingerprint density at radius 3 is 2.43 bits per heavy atom. The minimum Gasteiger partial charge on any atom is -0.478 e. The number of allylic oxidation sites excluding steroid dienone is 1. The van der Waals surface area contributed by atoms with E-state index >= 15 is 0 Å². The van der Waals surface area contributed by atoms with E-state index in [4.69, 9.17) is 21.3 Å². The average molecular weight is 961 g/mol. The number of H-pyrrole nitrogens is 1. The molecule has 68 heavy (non-hydrogen) atoms. The van der Waals surface area contributed by atoms with Gasteiger partial charge in [0, 0.05) is 92.1 Å². The number of benzene rings is 3. The maximum Gasteiger partial charge on any atom is 0.337 e. The molecule has 3 aromatic carbocycles. The highest BCUT2D eigenvalue weighted by Gasteiger charge is 2.32. The first-order valence-corrected chi connectivity index (χ1v) is 25.6. The van der Waals surface area contributed by atoms with Crippen molar-refractivity contribution < 1.29 is 27.9 Å². The summed E-state index contributed by atoms with van der Waals surface area (Å²) in [5, 5.41) is 18.4. The van der Waals surface area contributed by atoms with Crippen molar-refractivity contribution in [1.82, 2.24) is 34.3 Å². The number of aromatic carboxylic acids is 1. The lowest BCUT2D eigenvalue weighted by atomic mass is 9.72. The third-order valence-corrected chi connectivity index (χ3v) is 16.0. The fourth-order valence-corrected chi connectivity index (χ4v) is 11.7. The molecule has 1 amide bonds. The van der Waals surface area contributed by atoms with Crippen molar-refractivity contribution in [2.24, 2.45) is 5.41 Å². The Bertz CT molecular complexity index is 3000. The van der Waals surface area contributed by atoms with E-state index in [0.717, 1.165) is 126 Å². The molecule has 356 valence electrons. The van der Waals surface area contributed by atoms with E-state index in [-0.39, 0.29) is 27.5 Å². The number of carbonyl (C=O) groups excluding carboxylic acids is 1. The summed E-state index contributed by atoms with van der Waals surface area (Å²) in [6.07, 6.45) is 10.3. The number of morpholine rings is 1. The van der Waals surface area contributed by atoms with Gasteiger partial charge < -0.3 is 20.1 Å². The molecule has 10 rings (SSSR count). The monoisotopic (exact) mass is 959 g/mol. The van der Waals surface area contributed by atoms with E-state index in [1.54, 1.807) is 23.1 Å². The smallest absolute Gasteiger partial charge is 0.337 e. The van der Waals surface area contributed by atoms with E-state index < -0.39 is 21.9 Å². The molecule has 2 aliphatic heterocycles. The summed E-state index contributed by atoms with van der Waals surface area (Å²) < 4.78 is 37.6. The predicted molar refractivity (Wildman–Crippen MR) is 265 cm³/mol. The van der Waals surface area contributed by atoms with Crippen LogP contribution in [0, 0.1) is 5.41 Å². The number of nitrogens with one attached hydrogen (secondary N) is 3. The molecule has 0 radical (unpaired) electrons. The second-order valence-corrected chi connectivity index (χ2v) is 21.6. The van der Waals surface area contributed by atoms with Crippen LogP contribution in [0.5, 0.6) is 0 Å². The van der Waals surface area contributed by atoms with Crippen LogP contribution in [0.1, 0.15) is 85.1 Å². The van der Waals surface area contributed by atoms with Crippen LogP contribution in [-0.4, -0.2) is 126 Å². The number of aromatic amines is 1. The number of sulfonamides is 1. The number of fused-ring (bicyclic) bond motifs is 2. The number of hydrogen-bond donors (Lipinski definition) is 4. The van der Waals surface area contributed by atoms with Gasteiger partial charge in [0.2, 0.25) is 0 Å². The molecule has 17 heteroatoms. The van der Waals surface area contributed by atoms with Gasteiger partial charge in [0.25, 0.3) is 15.9 Å². The Morgan fingerprint density at radius 1 is 0.912 bits per heavy atom. The van der Waals surface area contributed by atoms with Crippen LogP contribution in [0.2, 0.25) is 5.02 Å². The van der Waals surface area contributed by atoms with Gasteiger partial charge in [-0.15, -0.1) is 0 Å². The number of carboxylic acid groups (broad SMARTS) is 1. The lowest BCUT2D eigenvalue weighted by molar-refractivity contribution is 0.00791. The summed E-state index contributed by atoms with van der Waals surface area (Å²) in [6.45, 7) is 12.1. The summed E-state index contributed by atoms with van der Waals surface area (Å²) >= 11 is 6.27. The summed E-state index contributed by atoms with van der Waals surface area (Å²) in [6, 6.07) is 21.9. The Balaban J connectivity index is 0.884. The number of rotatable bonds is 12. The van der Waals surface area contributed by atoms with Gasteiger partial charge in [0.05, 0.1) is 40.4 Å². The quantitative estimate of drug-likeness (QED) is 0.0926. The van der Waals surface area contributed by atoms with Gasteiger partial charge in [-0.1, -0.05) is 43.2 Å². The standard InChI is InChI=1S/C51H58ClN9O6S/c1-51(2)17-15-35(43(30-51)33-3-5-36(52)6-4-33)32-58-19-21-59(22-20-58)39-11-13-41(46(28-39)61-47-27-34-16-18-53-48(34)56-45(47)31-54-61)49(62)57-68(65,66)40-12-14-44(42(29-40)50(63)64)55-37-7-9-38(10-8-37)60-23-25-67-26-24-60/h3-6,11-14,16,18,27-29,31,37-38,54-55H,7-10,15,17,19-26,30,32H2,1-2H3,(H,57,62)(H,63,64). The molecule has 0 unspecified atom stereocenters. The number of carbonyl (C=O) groups is 2. The number of aromatic nitrogens is 4. The lowest BCUT2D eigenvalue weighted by Crippen LogP contribution is -2.47. The third kappa shape index (κ3) is 9.74. The molecule has 6 aromatic rings. The van der Waals surface area contributed by atoms with Crippen LogP contribution < -0.4 is 14.9 Å². The van der Waals surface area contributed by atoms with Crippen LogP contribution in [0.3, 0.4) is 0 Å². The topological polar surface area (TPSA) is 178 Å². The first-order chi connectivity index (χ1) is 32.8. The fraction of sp³-hybridized carbons (Fsp3) is 0.412. The van der Waals surface area contributed by atoms with Crippen LogP contribution in [-0.2, 0) is 14.8 Å². The molecule has 0 atom stereocenters. The minimum atomic E-state index is -4.53.